The summed E-state index contributed by atoms with van der Waals surface area (Å²) >= 11 is 0. The maximum absolute atomic E-state index is 12.4. The Morgan fingerprint density at radius 3 is 3.05 bits per heavy atom. The van der Waals surface area contributed by atoms with Gasteiger partial charge in [0.2, 0.25) is 5.91 Å². The van der Waals surface area contributed by atoms with Crippen molar-refractivity contribution in [3.05, 3.63) is 29.8 Å². The molecule has 1 heterocycles. The molecule has 4 nitrogen and oxygen atoms in total. The van der Waals surface area contributed by atoms with Crippen molar-refractivity contribution in [2.45, 2.75) is 20.4 Å². The molecule has 1 aliphatic heterocycles. The summed E-state index contributed by atoms with van der Waals surface area (Å²) in [5.74, 6) is 1.10. The van der Waals surface area contributed by atoms with Crippen LogP contribution >= 0.6 is 0 Å². The van der Waals surface area contributed by atoms with E-state index in [4.69, 9.17) is 4.74 Å². The number of carbonyl (C=O) groups is 1. The molecule has 1 aliphatic rings. The number of nitrogens with zero attached hydrogens (tertiary/aromatic N) is 1. The second kappa shape index (κ2) is 6.57. The topological polar surface area (TPSA) is 41.6 Å². The van der Waals surface area contributed by atoms with Gasteiger partial charge in [-0.25, -0.2) is 0 Å². The third-order valence-corrected chi connectivity index (χ3v) is 3.39. The molecule has 1 aromatic rings. The van der Waals surface area contributed by atoms with Crippen LogP contribution in [0, 0.1) is 5.92 Å². The monoisotopic (exact) mass is 262 g/mol. The molecule has 0 saturated heterocycles. The molecule has 1 aromatic carbocycles. The largest absolute Gasteiger partial charge is 0.491 e. The molecule has 104 valence electrons. The lowest BCUT2D eigenvalue weighted by atomic mass is 10.1. The summed E-state index contributed by atoms with van der Waals surface area (Å²) in [6.07, 6.45) is 0. The molecular weight excluding hydrogens is 240 g/mol. The molecule has 0 aliphatic carbocycles. The molecule has 0 spiro atoms. The van der Waals surface area contributed by atoms with Gasteiger partial charge < -0.3 is 15.0 Å². The normalized spacial score (nSPS) is 16.2. The molecule has 0 radical (unpaired) electrons. The number of para-hydroxylation sites is 1. The second-order valence-electron chi connectivity index (χ2n) is 4.92. The highest BCUT2D eigenvalue weighted by atomic mass is 16.5. The van der Waals surface area contributed by atoms with Gasteiger partial charge in [0.25, 0.3) is 0 Å². The minimum atomic E-state index is 0.00483. The first-order valence-electron chi connectivity index (χ1n) is 6.92. The van der Waals surface area contributed by atoms with E-state index in [1.807, 2.05) is 43.0 Å². The maximum atomic E-state index is 12.4. The quantitative estimate of drug-likeness (QED) is 0.897. The van der Waals surface area contributed by atoms with Gasteiger partial charge in [0.05, 0.1) is 6.54 Å². The molecule has 1 atom stereocenters. The third-order valence-electron chi connectivity index (χ3n) is 3.39. The minimum absolute atomic E-state index is 0.00483. The Bertz CT molecular complexity index is 434. The molecule has 1 N–H and O–H groups in total. The van der Waals surface area contributed by atoms with Crippen LogP contribution in [0.15, 0.2) is 24.3 Å². The van der Waals surface area contributed by atoms with Crippen LogP contribution in [0.4, 0.5) is 0 Å². The number of benzene rings is 1. The highest BCUT2D eigenvalue weighted by Gasteiger charge is 2.23. The van der Waals surface area contributed by atoms with E-state index in [9.17, 15) is 4.79 Å². The Balaban J connectivity index is 2.03. The summed E-state index contributed by atoms with van der Waals surface area (Å²) < 4.78 is 5.68. The summed E-state index contributed by atoms with van der Waals surface area (Å²) in [4.78, 5) is 14.3. The minimum Gasteiger partial charge on any atom is -0.491 e. The van der Waals surface area contributed by atoms with Gasteiger partial charge in [0.15, 0.2) is 0 Å². The Morgan fingerprint density at radius 1 is 1.47 bits per heavy atom. The third kappa shape index (κ3) is 3.47. The molecule has 19 heavy (non-hydrogen) atoms. The van der Waals surface area contributed by atoms with Gasteiger partial charge in [-0.1, -0.05) is 32.0 Å². The molecule has 4 heteroatoms. The van der Waals surface area contributed by atoms with Gasteiger partial charge in [0, 0.05) is 24.6 Å². The number of nitrogens with one attached hydrogen (secondary N) is 1. The van der Waals surface area contributed by atoms with Crippen LogP contribution < -0.4 is 10.1 Å². The van der Waals surface area contributed by atoms with Crippen molar-refractivity contribution in [1.29, 1.82) is 0 Å². The molecule has 0 aromatic heterocycles. The highest BCUT2D eigenvalue weighted by molar-refractivity contribution is 5.78. The van der Waals surface area contributed by atoms with Gasteiger partial charge >= 0.3 is 0 Å². The van der Waals surface area contributed by atoms with Crippen molar-refractivity contribution >= 4 is 5.91 Å². The summed E-state index contributed by atoms with van der Waals surface area (Å²) in [6, 6.07) is 7.93. The summed E-state index contributed by atoms with van der Waals surface area (Å²) in [6.45, 7) is 7.51. The van der Waals surface area contributed by atoms with E-state index in [0.717, 1.165) is 24.4 Å². The van der Waals surface area contributed by atoms with Crippen LogP contribution in [0.3, 0.4) is 0 Å². The van der Waals surface area contributed by atoms with E-state index in [1.54, 1.807) is 0 Å². The smallest absolute Gasteiger partial charge is 0.227 e. The average Bonchev–Trinajstić information content (AvgIpc) is 2.66. The fourth-order valence-electron chi connectivity index (χ4n) is 2.27. The fraction of sp³-hybridized carbons (Fsp3) is 0.533. The second-order valence-corrected chi connectivity index (χ2v) is 4.92. The van der Waals surface area contributed by atoms with E-state index in [1.165, 1.54) is 0 Å². The highest BCUT2D eigenvalue weighted by Crippen LogP contribution is 2.23. The van der Waals surface area contributed by atoms with Crippen molar-refractivity contribution < 1.29 is 9.53 Å². The van der Waals surface area contributed by atoms with E-state index in [0.29, 0.717) is 19.7 Å². The van der Waals surface area contributed by atoms with Gasteiger partial charge in [-0.15, -0.1) is 0 Å². The van der Waals surface area contributed by atoms with Crippen molar-refractivity contribution in [3.8, 4) is 5.75 Å². The van der Waals surface area contributed by atoms with Crippen LogP contribution in [0.2, 0.25) is 0 Å². The fourth-order valence-corrected chi connectivity index (χ4v) is 2.27. The molecule has 0 saturated carbocycles. The molecule has 1 unspecified atom stereocenters. The number of ether oxygens (including phenoxy) is 1. The lowest BCUT2D eigenvalue weighted by molar-refractivity contribution is -0.135. The summed E-state index contributed by atoms with van der Waals surface area (Å²) in [5, 5.41) is 3.22. The van der Waals surface area contributed by atoms with E-state index >= 15 is 0 Å². The summed E-state index contributed by atoms with van der Waals surface area (Å²) in [5.41, 5.74) is 1.09. The Hall–Kier alpha value is -1.55. The zero-order valence-electron chi connectivity index (χ0n) is 11.7. The standard InChI is InChI=1S/C15H22N2O2/c1-3-16-10-12(2)15(18)17-8-9-19-14-7-5-4-6-13(14)11-17/h4-7,12,16H,3,8-11H2,1-2H3. The first-order valence-corrected chi connectivity index (χ1v) is 6.92. The van der Waals surface area contributed by atoms with Gasteiger partial charge in [0.1, 0.15) is 12.4 Å². The molecule has 2 rings (SSSR count). The van der Waals surface area contributed by atoms with Crippen molar-refractivity contribution in [1.82, 2.24) is 10.2 Å². The average molecular weight is 262 g/mol. The van der Waals surface area contributed by atoms with Crippen LogP contribution in [-0.2, 0) is 11.3 Å². The van der Waals surface area contributed by atoms with E-state index in [2.05, 4.69) is 5.32 Å². The lowest BCUT2D eigenvalue weighted by Gasteiger charge is -2.23. The number of rotatable bonds is 4. The first kappa shape index (κ1) is 13.9. The molecule has 0 bridgehead atoms. The predicted octanol–water partition coefficient (Wildman–Crippen LogP) is 1.65. The number of hydrogen-bond acceptors (Lipinski definition) is 3. The number of hydrogen-bond donors (Lipinski definition) is 1. The van der Waals surface area contributed by atoms with Crippen LogP contribution in [-0.4, -0.2) is 37.0 Å². The van der Waals surface area contributed by atoms with Gasteiger partial charge in [-0.3, -0.25) is 4.79 Å². The van der Waals surface area contributed by atoms with Crippen molar-refractivity contribution in [2.75, 3.05) is 26.2 Å². The SMILES string of the molecule is CCNCC(C)C(=O)N1CCOc2ccccc2C1. The molecule has 1 amide bonds. The van der Waals surface area contributed by atoms with E-state index in [-0.39, 0.29) is 11.8 Å². The maximum Gasteiger partial charge on any atom is 0.227 e. The van der Waals surface area contributed by atoms with Crippen LogP contribution in [0.1, 0.15) is 19.4 Å². The zero-order chi connectivity index (χ0) is 13.7. The predicted molar refractivity (Wildman–Crippen MR) is 75.1 cm³/mol. The van der Waals surface area contributed by atoms with E-state index < -0.39 is 0 Å². The Labute approximate surface area is 114 Å². The van der Waals surface area contributed by atoms with Crippen molar-refractivity contribution in [3.63, 3.8) is 0 Å². The molecule has 0 fully saturated rings. The zero-order valence-corrected chi connectivity index (χ0v) is 11.7. The Kier molecular flexibility index (Phi) is 4.80. The number of carbonyl (C=O) groups excluding carboxylic acids is 1. The first-order chi connectivity index (χ1) is 9.22. The number of amides is 1. The number of fused-ring (bicyclic) bond motifs is 1. The van der Waals surface area contributed by atoms with Crippen LogP contribution in [0.5, 0.6) is 5.75 Å². The van der Waals surface area contributed by atoms with Gasteiger partial charge in [-0.05, 0) is 12.6 Å². The molecular formula is C15H22N2O2. The van der Waals surface area contributed by atoms with Crippen molar-refractivity contribution in [2.24, 2.45) is 5.92 Å². The summed E-state index contributed by atoms with van der Waals surface area (Å²) in [7, 11) is 0. The Morgan fingerprint density at radius 2 is 2.26 bits per heavy atom. The van der Waals surface area contributed by atoms with Gasteiger partial charge in [-0.2, -0.15) is 0 Å². The lowest BCUT2D eigenvalue weighted by Crippen LogP contribution is -2.39. The van der Waals surface area contributed by atoms with Crippen LogP contribution in [0.25, 0.3) is 0 Å².